The number of rotatable bonds is 4. The molecule has 1 atom stereocenters. The minimum atomic E-state index is -0.194. The normalized spacial score (nSPS) is 16.4. The maximum absolute atomic E-state index is 12.9. The van der Waals surface area contributed by atoms with Crippen LogP contribution in [0.1, 0.15) is 42.8 Å². The van der Waals surface area contributed by atoms with Crippen molar-refractivity contribution in [3.63, 3.8) is 0 Å². The van der Waals surface area contributed by atoms with Gasteiger partial charge in [-0.2, -0.15) is 4.98 Å². The van der Waals surface area contributed by atoms with Crippen LogP contribution in [0.15, 0.2) is 53.1 Å². The second-order valence-electron chi connectivity index (χ2n) is 7.11. The van der Waals surface area contributed by atoms with Crippen LogP contribution < -0.4 is 5.32 Å². The number of nitrogens with zero attached hydrogens (tertiary/aromatic N) is 3. The van der Waals surface area contributed by atoms with Gasteiger partial charge in [0.05, 0.1) is 0 Å². The lowest BCUT2D eigenvalue weighted by atomic mass is 10.1. The van der Waals surface area contributed by atoms with Crippen molar-refractivity contribution in [3.05, 3.63) is 65.5 Å². The van der Waals surface area contributed by atoms with Gasteiger partial charge in [-0.05, 0) is 37.8 Å². The van der Waals surface area contributed by atoms with Crippen LogP contribution in [0.3, 0.4) is 0 Å². The van der Waals surface area contributed by atoms with Crippen molar-refractivity contribution in [1.82, 2.24) is 15.0 Å². The summed E-state index contributed by atoms with van der Waals surface area (Å²) in [6, 6.07) is 15.6. The van der Waals surface area contributed by atoms with Crippen LogP contribution in [-0.4, -0.2) is 27.6 Å². The Morgan fingerprint density at radius 3 is 2.79 bits per heavy atom. The van der Waals surface area contributed by atoms with Crippen LogP contribution in [0.2, 0.25) is 0 Å². The van der Waals surface area contributed by atoms with Crippen molar-refractivity contribution in [1.29, 1.82) is 0 Å². The maximum Gasteiger partial charge on any atom is 0.322 e. The smallest absolute Gasteiger partial charge is 0.322 e. The first kappa shape index (κ1) is 18.2. The van der Waals surface area contributed by atoms with Crippen LogP contribution in [-0.2, 0) is 6.42 Å². The first-order valence-electron chi connectivity index (χ1n) is 9.72. The predicted molar refractivity (Wildman–Crippen MR) is 108 cm³/mol. The lowest BCUT2D eigenvalue weighted by Crippen LogP contribution is -2.34. The molecule has 28 heavy (non-hydrogen) atoms. The second-order valence-corrected chi connectivity index (χ2v) is 7.11. The van der Waals surface area contributed by atoms with E-state index in [1.165, 1.54) is 5.56 Å². The molecule has 6 heteroatoms. The summed E-state index contributed by atoms with van der Waals surface area (Å²) in [7, 11) is 0. The zero-order valence-electron chi connectivity index (χ0n) is 16.2. The third kappa shape index (κ3) is 3.63. The molecule has 2 heterocycles. The number of hydrogen-bond donors (Lipinski definition) is 1. The summed E-state index contributed by atoms with van der Waals surface area (Å²) in [5.41, 5.74) is 4.06. The Morgan fingerprint density at radius 1 is 1.21 bits per heavy atom. The monoisotopic (exact) mass is 376 g/mol. The largest absolute Gasteiger partial charge is 0.337 e. The van der Waals surface area contributed by atoms with E-state index in [2.05, 4.69) is 22.4 Å². The van der Waals surface area contributed by atoms with Crippen molar-refractivity contribution in [2.24, 2.45) is 0 Å². The van der Waals surface area contributed by atoms with E-state index in [0.717, 1.165) is 36.1 Å². The molecule has 0 bridgehead atoms. The number of carbonyl (C=O) groups excluding carboxylic acids is 1. The van der Waals surface area contributed by atoms with Crippen molar-refractivity contribution in [2.45, 2.75) is 39.2 Å². The number of anilines is 1. The molecule has 3 aromatic rings. The molecule has 0 radical (unpaired) electrons. The van der Waals surface area contributed by atoms with Crippen LogP contribution >= 0.6 is 0 Å². The molecule has 2 aromatic carbocycles. The molecule has 0 aliphatic carbocycles. The quantitative estimate of drug-likeness (QED) is 0.697. The molecular formula is C22H24N4O2. The average molecular weight is 376 g/mol. The molecule has 1 saturated heterocycles. The zero-order chi connectivity index (χ0) is 19.5. The second kappa shape index (κ2) is 7.84. The van der Waals surface area contributed by atoms with E-state index in [1.807, 2.05) is 55.5 Å². The first-order valence-corrected chi connectivity index (χ1v) is 9.72. The standard InChI is InChI=1S/C22H24N4O2/c1-3-16-7-4-5-8-18(16)23-22(27)26-14-6-9-19(26)21-24-20(25-28-21)17-12-10-15(2)11-13-17/h4-5,7-8,10-13,19H,3,6,9,14H2,1-2H3,(H,23,27)/t19-/m1/s1. The lowest BCUT2D eigenvalue weighted by molar-refractivity contribution is 0.193. The van der Waals surface area contributed by atoms with Gasteiger partial charge in [0.15, 0.2) is 0 Å². The minimum Gasteiger partial charge on any atom is -0.337 e. The number of aromatic nitrogens is 2. The molecule has 0 saturated carbocycles. The fourth-order valence-corrected chi connectivity index (χ4v) is 3.59. The number of urea groups is 1. The number of para-hydroxylation sites is 1. The van der Waals surface area contributed by atoms with Gasteiger partial charge in [0, 0.05) is 17.8 Å². The van der Waals surface area contributed by atoms with Crippen molar-refractivity contribution < 1.29 is 9.32 Å². The Bertz CT molecular complexity index is 965. The van der Waals surface area contributed by atoms with Crippen LogP contribution in [0.25, 0.3) is 11.4 Å². The van der Waals surface area contributed by atoms with Crippen LogP contribution in [0.5, 0.6) is 0 Å². The highest BCUT2D eigenvalue weighted by Gasteiger charge is 2.34. The van der Waals surface area contributed by atoms with E-state index >= 15 is 0 Å². The first-order chi connectivity index (χ1) is 13.7. The van der Waals surface area contributed by atoms with Crippen LogP contribution in [0.4, 0.5) is 10.5 Å². The molecule has 1 aliphatic rings. The Hall–Kier alpha value is -3.15. The fraction of sp³-hybridized carbons (Fsp3) is 0.318. The Kier molecular flexibility index (Phi) is 5.10. The van der Waals surface area contributed by atoms with E-state index in [-0.39, 0.29) is 12.1 Å². The minimum absolute atomic E-state index is 0.126. The van der Waals surface area contributed by atoms with Gasteiger partial charge < -0.3 is 14.7 Å². The van der Waals surface area contributed by atoms with Gasteiger partial charge in [-0.1, -0.05) is 60.1 Å². The van der Waals surface area contributed by atoms with E-state index in [9.17, 15) is 4.79 Å². The Balaban J connectivity index is 1.52. The number of nitrogens with one attached hydrogen (secondary N) is 1. The molecule has 1 aromatic heterocycles. The summed E-state index contributed by atoms with van der Waals surface area (Å²) in [6.45, 7) is 4.79. The summed E-state index contributed by atoms with van der Waals surface area (Å²) < 4.78 is 5.53. The number of aryl methyl sites for hydroxylation is 2. The molecular weight excluding hydrogens is 352 g/mol. The third-order valence-electron chi connectivity index (χ3n) is 5.19. The van der Waals surface area contributed by atoms with Gasteiger partial charge in [0.25, 0.3) is 0 Å². The van der Waals surface area contributed by atoms with Crippen LogP contribution in [0, 0.1) is 6.92 Å². The van der Waals surface area contributed by atoms with Gasteiger partial charge in [0.2, 0.25) is 11.7 Å². The summed E-state index contributed by atoms with van der Waals surface area (Å²) in [6.07, 6.45) is 2.59. The van der Waals surface area contributed by atoms with Crippen molar-refractivity contribution >= 4 is 11.7 Å². The molecule has 6 nitrogen and oxygen atoms in total. The highest BCUT2D eigenvalue weighted by molar-refractivity contribution is 5.90. The molecule has 1 aliphatic heterocycles. The fourth-order valence-electron chi connectivity index (χ4n) is 3.59. The number of amides is 2. The number of benzene rings is 2. The van der Waals surface area contributed by atoms with Crippen molar-refractivity contribution in [2.75, 3.05) is 11.9 Å². The topological polar surface area (TPSA) is 71.3 Å². The van der Waals surface area contributed by atoms with Gasteiger partial charge >= 0.3 is 6.03 Å². The zero-order valence-corrected chi connectivity index (χ0v) is 16.2. The molecule has 4 rings (SSSR count). The number of carbonyl (C=O) groups is 1. The van der Waals surface area contributed by atoms with E-state index in [0.29, 0.717) is 18.3 Å². The number of likely N-dealkylation sites (tertiary alicyclic amines) is 1. The van der Waals surface area contributed by atoms with E-state index < -0.39 is 0 Å². The summed E-state index contributed by atoms with van der Waals surface area (Å²) >= 11 is 0. The molecule has 0 spiro atoms. The highest BCUT2D eigenvalue weighted by atomic mass is 16.5. The van der Waals surface area contributed by atoms with Gasteiger partial charge in [-0.25, -0.2) is 4.79 Å². The molecule has 2 amide bonds. The van der Waals surface area contributed by atoms with Gasteiger partial charge in [0.1, 0.15) is 6.04 Å². The predicted octanol–water partition coefficient (Wildman–Crippen LogP) is 4.98. The Labute approximate surface area is 164 Å². The number of hydrogen-bond acceptors (Lipinski definition) is 4. The molecule has 1 N–H and O–H groups in total. The molecule has 144 valence electrons. The van der Waals surface area contributed by atoms with E-state index in [1.54, 1.807) is 4.90 Å². The van der Waals surface area contributed by atoms with E-state index in [4.69, 9.17) is 4.52 Å². The van der Waals surface area contributed by atoms with Gasteiger partial charge in [-0.3, -0.25) is 0 Å². The SMILES string of the molecule is CCc1ccccc1NC(=O)N1CCC[C@@H]1c1nc(-c2ccc(C)cc2)no1. The Morgan fingerprint density at radius 2 is 2.00 bits per heavy atom. The molecule has 0 unspecified atom stereocenters. The lowest BCUT2D eigenvalue weighted by Gasteiger charge is -2.23. The third-order valence-corrected chi connectivity index (χ3v) is 5.19. The average Bonchev–Trinajstić information content (AvgIpc) is 3.38. The molecule has 1 fully saturated rings. The summed E-state index contributed by atoms with van der Waals surface area (Å²) in [4.78, 5) is 19.3. The summed E-state index contributed by atoms with van der Waals surface area (Å²) in [5.74, 6) is 1.05. The summed E-state index contributed by atoms with van der Waals surface area (Å²) in [5, 5.41) is 7.17. The van der Waals surface area contributed by atoms with Crippen molar-refractivity contribution in [3.8, 4) is 11.4 Å². The van der Waals surface area contributed by atoms with Gasteiger partial charge in [-0.15, -0.1) is 0 Å². The maximum atomic E-state index is 12.9. The highest BCUT2D eigenvalue weighted by Crippen LogP contribution is 2.32.